The van der Waals surface area contributed by atoms with Crippen LogP contribution < -0.4 is 44.3 Å². The molecule has 13 nitrogen and oxygen atoms in total. The summed E-state index contributed by atoms with van der Waals surface area (Å²) in [5.74, 6) is 2.32. The van der Waals surface area contributed by atoms with Crippen molar-refractivity contribution in [2.24, 2.45) is 15.4 Å². The van der Waals surface area contributed by atoms with Crippen molar-refractivity contribution in [3.63, 3.8) is 0 Å². The van der Waals surface area contributed by atoms with Gasteiger partial charge in [-0.25, -0.2) is 31.4 Å². The van der Waals surface area contributed by atoms with Crippen LogP contribution in [0.4, 0.5) is 11.5 Å². The standard InChI is InChI=1S/C51H54N6O7S6.Na/c1-50(2)38-30-35(41-16-14-27-65-41)33-56(26-11-6-9-24-52-46(58)20-7-5-12-29-67-68-47-21-8-10-25-53-47)48(38)54-44(50)18-13-19-45-51(3,4)39-31-36(42-17-15-28-66-42)34-57(49(39)55-45)40-32-37(69(59,60)61)22-23-43(40)70(62,63)64;/h8,10,13-19,21-23,25,27-28,30-34H,5-7,9,11-12,20,24,26,29H2,1-4H3,(H2-,52,58,59,60,61,62,63,64);/q;+1/p-1. The molecule has 7 heterocycles. The Labute approximate surface area is 454 Å². The van der Waals surface area contributed by atoms with Gasteiger partial charge in [-0.3, -0.25) is 9.69 Å². The topological polar surface area (TPSA) is 188 Å². The van der Waals surface area contributed by atoms with Crippen LogP contribution in [0, 0.1) is 5.41 Å². The van der Waals surface area contributed by atoms with Crippen molar-refractivity contribution in [3.05, 3.63) is 142 Å². The zero-order valence-electron chi connectivity index (χ0n) is 40.2. The number of benzene rings is 1. The predicted octanol–water partition coefficient (Wildman–Crippen LogP) is 7.99. The molecule has 5 aromatic rings. The van der Waals surface area contributed by atoms with Gasteiger partial charge in [0.1, 0.15) is 31.1 Å². The van der Waals surface area contributed by atoms with Crippen molar-refractivity contribution >= 4 is 99.0 Å². The third-order valence-corrected chi connectivity index (χ3v) is 18.3. The van der Waals surface area contributed by atoms with Crippen LogP contribution in [0.15, 0.2) is 156 Å². The van der Waals surface area contributed by atoms with Crippen molar-refractivity contribution in [1.29, 1.82) is 0 Å². The summed E-state index contributed by atoms with van der Waals surface area (Å²) in [7, 11) is -6.66. The van der Waals surface area contributed by atoms with E-state index in [1.54, 1.807) is 45.3 Å². The Morgan fingerprint density at radius 2 is 1.62 bits per heavy atom. The zero-order valence-corrected chi connectivity index (χ0v) is 47.1. The Hall–Kier alpha value is -3.99. The van der Waals surface area contributed by atoms with Crippen LogP contribution in [-0.4, -0.2) is 60.7 Å². The molecule has 0 spiro atoms. The third kappa shape index (κ3) is 13.0. The van der Waals surface area contributed by atoms with Crippen LogP contribution >= 0.6 is 44.3 Å². The summed E-state index contributed by atoms with van der Waals surface area (Å²) in [5, 5.41) is 8.09. The van der Waals surface area contributed by atoms with E-state index < -0.39 is 40.9 Å². The molecule has 0 atom stereocenters. The van der Waals surface area contributed by atoms with Gasteiger partial charge < -0.3 is 14.4 Å². The van der Waals surface area contributed by atoms with Gasteiger partial charge in [-0.2, -0.15) is 0 Å². The number of carbonyl (C=O) groups is 1. The minimum Gasteiger partial charge on any atom is -0.744 e. The number of carbonyl (C=O) groups excluding carboxylic acids is 1. The maximum absolute atomic E-state index is 12.6. The summed E-state index contributed by atoms with van der Waals surface area (Å²) in [6.07, 6.45) is 19.6. The molecule has 71 heavy (non-hydrogen) atoms. The van der Waals surface area contributed by atoms with Gasteiger partial charge in [0.25, 0.3) is 0 Å². The molecule has 1 amide bonds. The molecule has 366 valence electrons. The van der Waals surface area contributed by atoms with Crippen LogP contribution in [0.3, 0.4) is 0 Å². The molecule has 0 fully saturated rings. The first-order valence-electron chi connectivity index (χ1n) is 22.9. The number of pyridine rings is 2. The summed E-state index contributed by atoms with van der Waals surface area (Å²) in [5.41, 5.74) is 3.58. The predicted molar refractivity (Wildman–Crippen MR) is 282 cm³/mol. The van der Waals surface area contributed by atoms with Crippen LogP contribution in [0.2, 0.25) is 0 Å². The van der Waals surface area contributed by atoms with E-state index in [4.69, 9.17) is 9.98 Å². The average molecular weight is 1080 g/mol. The minimum atomic E-state index is -5.13. The van der Waals surface area contributed by atoms with Gasteiger partial charge >= 0.3 is 35.4 Å². The molecule has 1 N–H and O–H groups in total. The number of hydrogen-bond acceptors (Lipinski definition) is 15. The van der Waals surface area contributed by atoms with Crippen molar-refractivity contribution in [1.82, 2.24) is 10.3 Å². The fourth-order valence-corrected chi connectivity index (χ4v) is 13.1. The number of allylic oxidation sites excluding steroid dienone is 6. The molecule has 0 radical (unpaired) electrons. The molecule has 0 saturated heterocycles. The molecular formula is C51H53N6NaO7S6. The molecule has 4 aromatic heterocycles. The first-order chi connectivity index (χ1) is 33.4. The summed E-state index contributed by atoms with van der Waals surface area (Å²) in [6.45, 7) is 9.69. The number of anilines is 1. The number of aromatic nitrogens is 2. The van der Waals surface area contributed by atoms with Crippen LogP contribution in [0.25, 0.3) is 16.0 Å². The van der Waals surface area contributed by atoms with Gasteiger partial charge in [-0.1, -0.05) is 55.3 Å². The van der Waals surface area contributed by atoms with Crippen LogP contribution in [0.5, 0.6) is 0 Å². The molecular weight excluding hydrogens is 1020 g/mol. The van der Waals surface area contributed by atoms with Gasteiger partial charge in [0, 0.05) is 63.0 Å². The first kappa shape index (κ1) is 54.8. The summed E-state index contributed by atoms with van der Waals surface area (Å²) >= 11 is 3.14. The van der Waals surface area contributed by atoms with Gasteiger partial charge in [-0.05, 0) is 139 Å². The Balaban J connectivity index is 0.00000741. The molecule has 0 unspecified atom stereocenters. The molecule has 0 saturated carbocycles. The normalized spacial score (nSPS) is 16.5. The van der Waals surface area contributed by atoms with E-state index in [9.17, 15) is 30.7 Å². The van der Waals surface area contributed by atoms with Crippen LogP contribution in [0.1, 0.15) is 83.1 Å². The Morgan fingerprint density at radius 3 is 2.32 bits per heavy atom. The number of nitrogens with zero attached hydrogens (tertiary/aromatic N) is 5. The second-order valence-corrected chi connectivity index (χ2v) is 25.1. The quantitative estimate of drug-likeness (QED) is 0.0247. The van der Waals surface area contributed by atoms with E-state index in [2.05, 4.69) is 58.5 Å². The summed E-state index contributed by atoms with van der Waals surface area (Å²) < 4.78 is 76.6. The number of amides is 1. The second kappa shape index (κ2) is 23.5. The molecule has 1 aromatic carbocycles. The summed E-state index contributed by atoms with van der Waals surface area (Å²) in [4.78, 5) is 29.1. The number of thiophene rings is 2. The maximum Gasteiger partial charge on any atom is 1.00 e. The number of rotatable bonds is 21. The van der Waals surface area contributed by atoms with Crippen molar-refractivity contribution < 1.29 is 64.9 Å². The first-order valence-corrected chi connectivity index (χ1v) is 29.8. The van der Waals surface area contributed by atoms with E-state index in [-0.39, 0.29) is 41.2 Å². The molecule has 3 aliphatic heterocycles. The third-order valence-electron chi connectivity index (χ3n) is 12.4. The number of aryl methyl sites for hydroxylation is 1. The van der Waals surface area contributed by atoms with E-state index in [0.717, 1.165) is 106 Å². The smallest absolute Gasteiger partial charge is 0.744 e. The number of unbranched alkanes of at least 4 members (excludes halogenated alkanes) is 4. The molecule has 0 bridgehead atoms. The molecule has 8 rings (SSSR count). The fraction of sp³-hybridized carbons (Fsp3) is 0.314. The Kier molecular flexibility index (Phi) is 18.1. The van der Waals surface area contributed by atoms with E-state index in [1.165, 1.54) is 16.2 Å². The average Bonchev–Trinajstić information content (AvgIpc) is 4.15. The number of amidine groups is 1. The maximum atomic E-state index is 12.6. The summed E-state index contributed by atoms with van der Waals surface area (Å²) in [6, 6.07) is 18.7. The Bertz CT molecular complexity index is 3170. The Morgan fingerprint density at radius 1 is 0.859 bits per heavy atom. The number of hydrogen-bond donors (Lipinski definition) is 1. The molecule has 0 aliphatic carbocycles. The SMILES string of the molecule is CC1(C)C2=CC(c3cccs3)=CN(c3cc(S(=O)(=O)[O-])ccc3S(=O)(=O)[O-])C2=N/C1=C\C=C\C1=Nc2c(cc(-c3cccs3)c[n+]2CCCCCNC(=O)CCCCCSSc2ccccn2)C1(C)C.[Na+]. The fourth-order valence-electron chi connectivity index (χ4n) is 8.48. The number of nitrogens with one attached hydrogen (secondary N) is 1. The van der Waals surface area contributed by atoms with Crippen molar-refractivity contribution in [2.45, 2.75) is 99.4 Å². The van der Waals surface area contributed by atoms with Gasteiger partial charge in [0.05, 0.1) is 44.9 Å². The van der Waals surface area contributed by atoms with Crippen molar-refractivity contribution in [2.75, 3.05) is 17.2 Å². The van der Waals surface area contributed by atoms with E-state index in [1.807, 2.05) is 73.9 Å². The zero-order chi connectivity index (χ0) is 49.7. The number of aliphatic imine (C=N–C) groups is 2. The minimum absolute atomic E-state index is 0. The van der Waals surface area contributed by atoms with E-state index in [0.29, 0.717) is 35.6 Å². The van der Waals surface area contributed by atoms with Gasteiger partial charge in [-0.15, -0.1) is 22.7 Å². The van der Waals surface area contributed by atoms with Gasteiger partial charge in [0.2, 0.25) is 5.91 Å². The molecule has 20 heteroatoms. The largest absolute Gasteiger partial charge is 1.00 e. The van der Waals surface area contributed by atoms with Crippen LogP contribution in [-0.2, 0) is 37.0 Å². The van der Waals surface area contributed by atoms with E-state index >= 15 is 0 Å². The monoisotopic (exact) mass is 1080 g/mol. The second-order valence-electron chi connectivity index (χ2n) is 18.1. The van der Waals surface area contributed by atoms with Gasteiger partial charge in [0.15, 0.2) is 5.71 Å². The molecule has 3 aliphatic rings. The number of fused-ring (bicyclic) bond motifs is 2. The van der Waals surface area contributed by atoms with Crippen molar-refractivity contribution in [3.8, 4) is 10.4 Å².